The van der Waals surface area contributed by atoms with Crippen molar-refractivity contribution in [3.05, 3.63) is 36.0 Å². The van der Waals surface area contributed by atoms with E-state index in [2.05, 4.69) is 0 Å². The van der Waals surface area contributed by atoms with Crippen LogP contribution in [0.5, 0.6) is 0 Å². The summed E-state index contributed by atoms with van der Waals surface area (Å²) in [6.07, 6.45) is 7.56. The number of hydrogen-bond donors (Lipinski definition) is 2. The number of ketones is 1. The molecule has 3 heteroatoms. The first-order valence-electron chi connectivity index (χ1n) is 4.51. The van der Waals surface area contributed by atoms with Crippen molar-refractivity contribution in [2.45, 2.75) is 24.5 Å². The number of aliphatic hydroxyl groups is 2. The molecular weight excluding hydrogens is 180 g/mol. The van der Waals surface area contributed by atoms with E-state index in [1.165, 1.54) is 18.2 Å². The summed E-state index contributed by atoms with van der Waals surface area (Å²) in [5, 5.41) is 19.9. The zero-order valence-corrected chi connectivity index (χ0v) is 7.90. The summed E-state index contributed by atoms with van der Waals surface area (Å²) in [6, 6.07) is 0. The molecular formula is C11H12O3. The molecule has 2 N–H and O–H groups in total. The Morgan fingerprint density at radius 1 is 1.29 bits per heavy atom. The number of allylic oxidation sites excluding steroid dienone is 2. The molecule has 2 rings (SSSR count). The second-order valence-electron chi connectivity index (χ2n) is 4.13. The van der Waals surface area contributed by atoms with Gasteiger partial charge in [0.25, 0.3) is 0 Å². The molecule has 0 saturated carbocycles. The van der Waals surface area contributed by atoms with Gasteiger partial charge in [-0.1, -0.05) is 12.2 Å². The Bertz CT molecular complexity index is 374. The van der Waals surface area contributed by atoms with Crippen LogP contribution in [0, 0.1) is 0 Å². The number of carbonyl (C=O) groups is 1. The maximum Gasteiger partial charge on any atom is 0.178 e. The van der Waals surface area contributed by atoms with Gasteiger partial charge in [0.2, 0.25) is 0 Å². The van der Waals surface area contributed by atoms with E-state index in [0.717, 1.165) is 0 Å². The Kier molecular flexibility index (Phi) is 1.77. The lowest BCUT2D eigenvalue weighted by molar-refractivity contribution is -0.111. The van der Waals surface area contributed by atoms with E-state index in [4.69, 9.17) is 0 Å². The van der Waals surface area contributed by atoms with Crippen LogP contribution in [0.3, 0.4) is 0 Å². The van der Waals surface area contributed by atoms with Gasteiger partial charge in [-0.05, 0) is 30.7 Å². The van der Waals surface area contributed by atoms with Crippen LogP contribution in [0.4, 0.5) is 0 Å². The molecule has 0 radical (unpaired) electrons. The highest BCUT2D eigenvalue weighted by atomic mass is 16.3. The van der Waals surface area contributed by atoms with Gasteiger partial charge in [0.1, 0.15) is 5.60 Å². The molecule has 14 heavy (non-hydrogen) atoms. The normalized spacial score (nSPS) is 40.8. The predicted molar refractivity (Wildman–Crippen MR) is 51.6 cm³/mol. The van der Waals surface area contributed by atoms with Crippen molar-refractivity contribution in [2.75, 3.05) is 0 Å². The summed E-state index contributed by atoms with van der Waals surface area (Å²) < 4.78 is 0. The van der Waals surface area contributed by atoms with Crippen molar-refractivity contribution in [3.63, 3.8) is 0 Å². The molecule has 0 aliphatic heterocycles. The third-order valence-corrected chi connectivity index (χ3v) is 2.57. The third-order valence-electron chi connectivity index (χ3n) is 2.57. The molecule has 0 spiro atoms. The van der Waals surface area contributed by atoms with Crippen LogP contribution in [-0.4, -0.2) is 27.2 Å². The minimum absolute atomic E-state index is 0.129. The molecule has 74 valence electrons. The van der Waals surface area contributed by atoms with Gasteiger partial charge < -0.3 is 10.2 Å². The summed E-state index contributed by atoms with van der Waals surface area (Å²) in [7, 11) is 0. The Labute approximate surface area is 82.1 Å². The van der Waals surface area contributed by atoms with Crippen LogP contribution in [0.15, 0.2) is 36.0 Å². The van der Waals surface area contributed by atoms with Crippen molar-refractivity contribution in [3.8, 4) is 0 Å². The van der Waals surface area contributed by atoms with E-state index in [1.807, 2.05) is 0 Å². The van der Waals surface area contributed by atoms with Crippen molar-refractivity contribution >= 4 is 5.78 Å². The molecule has 0 heterocycles. The molecule has 0 bridgehead atoms. The van der Waals surface area contributed by atoms with Crippen LogP contribution < -0.4 is 0 Å². The Morgan fingerprint density at radius 2 is 2.00 bits per heavy atom. The Morgan fingerprint density at radius 3 is 2.71 bits per heavy atom. The Balaban J connectivity index is 2.46. The van der Waals surface area contributed by atoms with E-state index in [-0.39, 0.29) is 12.2 Å². The number of hydrogen-bond acceptors (Lipinski definition) is 3. The maximum absolute atomic E-state index is 11.1. The number of fused-ring (bicyclic) bond motifs is 1. The number of rotatable bonds is 0. The molecule has 0 aromatic rings. The van der Waals surface area contributed by atoms with Crippen molar-refractivity contribution < 1.29 is 15.0 Å². The van der Waals surface area contributed by atoms with E-state index in [9.17, 15) is 15.0 Å². The summed E-state index contributed by atoms with van der Waals surface area (Å²) >= 11 is 0. The first kappa shape index (κ1) is 9.37. The lowest BCUT2D eigenvalue weighted by Gasteiger charge is -2.37. The topological polar surface area (TPSA) is 57.5 Å². The molecule has 0 saturated heterocycles. The second kappa shape index (κ2) is 2.65. The van der Waals surface area contributed by atoms with Gasteiger partial charge in [-0.25, -0.2) is 0 Å². The molecule has 2 atom stereocenters. The van der Waals surface area contributed by atoms with E-state index >= 15 is 0 Å². The van der Waals surface area contributed by atoms with Crippen LogP contribution in [0.1, 0.15) is 13.3 Å². The van der Waals surface area contributed by atoms with E-state index < -0.39 is 11.2 Å². The van der Waals surface area contributed by atoms with Crippen molar-refractivity contribution in [2.24, 2.45) is 0 Å². The fourth-order valence-corrected chi connectivity index (χ4v) is 1.87. The molecule has 0 unspecified atom stereocenters. The predicted octanol–water partition coefficient (Wildman–Crippen LogP) is 0.494. The van der Waals surface area contributed by atoms with Crippen LogP contribution in [0.25, 0.3) is 0 Å². The average molecular weight is 192 g/mol. The third kappa shape index (κ3) is 1.45. The second-order valence-corrected chi connectivity index (χ2v) is 4.13. The zero-order valence-electron chi connectivity index (χ0n) is 7.90. The van der Waals surface area contributed by atoms with Crippen molar-refractivity contribution in [1.82, 2.24) is 0 Å². The highest BCUT2D eigenvalue weighted by Crippen LogP contribution is 2.36. The first-order valence-corrected chi connectivity index (χ1v) is 4.51. The van der Waals surface area contributed by atoms with Crippen molar-refractivity contribution in [1.29, 1.82) is 0 Å². The average Bonchev–Trinajstić information content (AvgIpc) is 2.05. The highest BCUT2D eigenvalue weighted by molar-refractivity contribution is 6.01. The minimum atomic E-state index is -1.19. The van der Waals surface area contributed by atoms with Gasteiger partial charge in [-0.2, -0.15) is 0 Å². The molecule has 0 aromatic carbocycles. The van der Waals surface area contributed by atoms with Gasteiger partial charge in [-0.15, -0.1) is 0 Å². The monoisotopic (exact) mass is 192 g/mol. The molecule has 3 nitrogen and oxygen atoms in total. The van der Waals surface area contributed by atoms with E-state index in [1.54, 1.807) is 19.1 Å². The van der Waals surface area contributed by atoms with Gasteiger partial charge in [0.05, 0.1) is 5.60 Å². The molecule has 0 amide bonds. The van der Waals surface area contributed by atoms with Crippen LogP contribution in [-0.2, 0) is 4.79 Å². The lowest BCUT2D eigenvalue weighted by Crippen LogP contribution is -2.42. The lowest BCUT2D eigenvalue weighted by atomic mass is 9.75. The minimum Gasteiger partial charge on any atom is -0.386 e. The van der Waals surface area contributed by atoms with Gasteiger partial charge in [0.15, 0.2) is 5.78 Å². The van der Waals surface area contributed by atoms with Gasteiger partial charge in [-0.3, -0.25) is 4.79 Å². The highest BCUT2D eigenvalue weighted by Gasteiger charge is 2.40. The molecule has 2 aliphatic rings. The number of carbonyl (C=O) groups excluding carboxylic acids is 1. The summed E-state index contributed by atoms with van der Waals surface area (Å²) in [6.45, 7) is 1.63. The Hall–Kier alpha value is -1.19. The maximum atomic E-state index is 11.1. The van der Waals surface area contributed by atoms with Gasteiger partial charge >= 0.3 is 0 Å². The molecule has 2 aliphatic carbocycles. The molecule has 0 fully saturated rings. The van der Waals surface area contributed by atoms with E-state index in [0.29, 0.717) is 5.57 Å². The van der Waals surface area contributed by atoms with Crippen LogP contribution >= 0.6 is 0 Å². The standard InChI is InChI=1S/C11H12O3/c1-10(13)4-2-8-6-9(12)3-5-11(8,14)7-10/h2-6,13-14H,7H2,1H3/t10-,11-/m1/s1. The largest absolute Gasteiger partial charge is 0.386 e. The summed E-state index contributed by atoms with van der Waals surface area (Å²) in [5.41, 5.74) is -1.65. The van der Waals surface area contributed by atoms with Crippen LogP contribution in [0.2, 0.25) is 0 Å². The fourth-order valence-electron chi connectivity index (χ4n) is 1.87. The summed E-state index contributed by atoms with van der Waals surface area (Å²) in [4.78, 5) is 11.1. The fraction of sp³-hybridized carbons (Fsp3) is 0.364. The molecule has 0 aromatic heterocycles. The van der Waals surface area contributed by atoms with Gasteiger partial charge in [0, 0.05) is 6.42 Å². The zero-order chi connectivity index (χ0) is 10.4. The summed E-state index contributed by atoms with van der Waals surface area (Å²) in [5.74, 6) is -0.129. The smallest absolute Gasteiger partial charge is 0.178 e. The quantitative estimate of drug-likeness (QED) is 0.587. The SMILES string of the molecule is C[C@@]1(O)C=CC2=CC(=O)C=C[C@@]2(O)C1. The first-order chi connectivity index (χ1) is 6.41.